The van der Waals surface area contributed by atoms with Gasteiger partial charge in [-0.2, -0.15) is 0 Å². The van der Waals surface area contributed by atoms with E-state index in [0.29, 0.717) is 11.7 Å². The van der Waals surface area contributed by atoms with Crippen molar-refractivity contribution in [3.8, 4) is 5.75 Å². The fourth-order valence-electron chi connectivity index (χ4n) is 6.48. The summed E-state index contributed by atoms with van der Waals surface area (Å²) in [5, 5.41) is 0. The molecule has 1 saturated heterocycles. The lowest BCUT2D eigenvalue weighted by molar-refractivity contribution is -0.239. The molecule has 0 amide bonds. The van der Waals surface area contributed by atoms with Crippen LogP contribution in [0.4, 0.5) is 0 Å². The number of benzene rings is 1. The zero-order valence-electron chi connectivity index (χ0n) is 17.0. The van der Waals surface area contributed by atoms with Crippen LogP contribution in [0.2, 0.25) is 0 Å². The Morgan fingerprint density at radius 1 is 1.07 bits per heavy atom. The van der Waals surface area contributed by atoms with E-state index in [-0.39, 0.29) is 35.8 Å². The van der Waals surface area contributed by atoms with Crippen molar-refractivity contribution in [3.05, 3.63) is 53.1 Å². The van der Waals surface area contributed by atoms with Gasteiger partial charge < -0.3 is 9.47 Å². The van der Waals surface area contributed by atoms with Gasteiger partial charge in [0.15, 0.2) is 0 Å². The summed E-state index contributed by atoms with van der Waals surface area (Å²) >= 11 is 0. The number of allylic oxidation sites excluding steroid dienone is 2. The quantitative estimate of drug-likeness (QED) is 0.545. The molecule has 1 saturated carbocycles. The number of ether oxygens (including phenoxy) is 2. The van der Waals surface area contributed by atoms with E-state index >= 15 is 0 Å². The van der Waals surface area contributed by atoms with Gasteiger partial charge in [-0.15, -0.1) is 0 Å². The highest BCUT2D eigenvalue weighted by atomic mass is 16.6. The third-order valence-corrected chi connectivity index (χ3v) is 7.69. The predicted molar refractivity (Wildman–Crippen MR) is 105 cm³/mol. The molecule has 28 heavy (non-hydrogen) atoms. The Labute approximate surface area is 165 Å². The normalized spacial score (nSPS) is 40.3. The molecule has 4 nitrogen and oxygen atoms in total. The highest BCUT2D eigenvalue weighted by Gasteiger charge is 2.79. The molecular formula is C24H26O4. The maximum absolute atomic E-state index is 13.2. The van der Waals surface area contributed by atoms with Gasteiger partial charge in [-0.05, 0) is 36.1 Å². The third kappa shape index (κ3) is 1.91. The van der Waals surface area contributed by atoms with Crippen LogP contribution in [0.1, 0.15) is 38.8 Å². The Bertz CT molecular complexity index is 971. The van der Waals surface area contributed by atoms with Gasteiger partial charge in [-0.1, -0.05) is 52.0 Å². The van der Waals surface area contributed by atoms with Crippen molar-refractivity contribution in [2.75, 3.05) is 0 Å². The number of hydrogen-bond acceptors (Lipinski definition) is 4. The summed E-state index contributed by atoms with van der Waals surface area (Å²) in [6, 6.07) is 5.92. The van der Waals surface area contributed by atoms with Crippen LogP contribution in [0, 0.1) is 36.0 Å². The molecule has 5 unspecified atom stereocenters. The molecule has 2 aliphatic carbocycles. The first kappa shape index (κ1) is 17.7. The molecule has 2 heterocycles. The van der Waals surface area contributed by atoms with E-state index in [1.165, 1.54) is 5.57 Å². The van der Waals surface area contributed by atoms with E-state index in [0.717, 1.165) is 11.1 Å². The molecule has 2 aliphatic heterocycles. The topological polar surface area (TPSA) is 52.6 Å². The minimum Gasteiger partial charge on any atom is -0.457 e. The molecule has 6 atom stereocenters. The molecule has 0 bridgehead atoms. The lowest BCUT2D eigenvalue weighted by atomic mass is 9.33. The zero-order chi connectivity index (χ0) is 20.0. The first-order chi connectivity index (χ1) is 13.2. The first-order valence-corrected chi connectivity index (χ1v) is 10.1. The van der Waals surface area contributed by atoms with Crippen molar-refractivity contribution in [2.45, 2.75) is 46.1 Å². The molecule has 0 radical (unpaired) electrons. The largest absolute Gasteiger partial charge is 0.457 e. The summed E-state index contributed by atoms with van der Waals surface area (Å²) in [7, 11) is 0. The second-order valence-electron chi connectivity index (χ2n) is 9.54. The number of hydrogen-bond donors (Lipinski definition) is 0. The van der Waals surface area contributed by atoms with Crippen molar-refractivity contribution in [2.24, 2.45) is 29.1 Å². The van der Waals surface area contributed by atoms with E-state index in [9.17, 15) is 9.59 Å². The van der Waals surface area contributed by atoms with Crippen LogP contribution < -0.4 is 4.74 Å². The van der Waals surface area contributed by atoms with Crippen LogP contribution in [0.5, 0.6) is 5.75 Å². The van der Waals surface area contributed by atoms with E-state index < -0.39 is 10.8 Å². The predicted octanol–water partition coefficient (Wildman–Crippen LogP) is 4.12. The molecule has 0 aromatic heterocycles. The number of carbonyl (C=O) groups excluding carboxylic acids is 2. The molecule has 146 valence electrons. The lowest BCUT2D eigenvalue weighted by Gasteiger charge is -2.69. The number of carbonyl (C=O) groups is 2. The fourth-order valence-corrected chi connectivity index (χ4v) is 6.48. The van der Waals surface area contributed by atoms with Gasteiger partial charge in [0, 0.05) is 22.3 Å². The average Bonchev–Trinajstić information content (AvgIpc) is 2.59. The summed E-state index contributed by atoms with van der Waals surface area (Å²) in [4.78, 5) is 26.3. The average molecular weight is 378 g/mol. The second kappa shape index (κ2) is 5.37. The highest BCUT2D eigenvalue weighted by molar-refractivity contribution is 5.91. The van der Waals surface area contributed by atoms with Gasteiger partial charge in [0.25, 0.3) is 0 Å². The fraction of sp³-hybridized carbons (Fsp3) is 0.500. The maximum atomic E-state index is 13.2. The molecule has 4 aliphatic rings. The standard InChI is InChI=1S/C24H26O4/c1-12(2)14-7-9-16-18(11-14)28-22(26)20-23(4)15-8-6-13(3)10-17(15)27-21(25)19(23)24(16,20)5/h6-12,16,18-20H,1-5H3/t16?,18?,19-,20?,23?,24?/m1/s1. The summed E-state index contributed by atoms with van der Waals surface area (Å²) in [6.07, 6.45) is 6.04. The van der Waals surface area contributed by atoms with Crippen molar-refractivity contribution in [3.63, 3.8) is 0 Å². The van der Waals surface area contributed by atoms with Crippen LogP contribution in [0.15, 0.2) is 42.0 Å². The van der Waals surface area contributed by atoms with Gasteiger partial charge >= 0.3 is 11.9 Å². The van der Waals surface area contributed by atoms with Crippen LogP contribution in [-0.2, 0) is 19.7 Å². The van der Waals surface area contributed by atoms with Gasteiger partial charge in [-0.3, -0.25) is 9.59 Å². The van der Waals surface area contributed by atoms with Gasteiger partial charge in [0.05, 0.1) is 11.8 Å². The van der Waals surface area contributed by atoms with Crippen molar-refractivity contribution < 1.29 is 19.1 Å². The lowest BCUT2D eigenvalue weighted by Crippen LogP contribution is -2.77. The number of fused-ring (bicyclic) bond motifs is 8. The van der Waals surface area contributed by atoms with Crippen molar-refractivity contribution in [1.29, 1.82) is 0 Å². The van der Waals surface area contributed by atoms with Crippen LogP contribution in [-0.4, -0.2) is 18.0 Å². The molecule has 4 heteroatoms. The van der Waals surface area contributed by atoms with Crippen molar-refractivity contribution >= 4 is 11.9 Å². The van der Waals surface area contributed by atoms with Crippen LogP contribution in [0.25, 0.3) is 0 Å². The molecule has 2 fully saturated rings. The summed E-state index contributed by atoms with van der Waals surface area (Å²) in [5.74, 6) is -0.211. The van der Waals surface area contributed by atoms with Crippen LogP contribution >= 0.6 is 0 Å². The van der Waals surface area contributed by atoms with Crippen molar-refractivity contribution in [1.82, 2.24) is 0 Å². The molecule has 1 aromatic carbocycles. The Kier molecular flexibility index (Phi) is 3.40. The van der Waals surface area contributed by atoms with E-state index in [1.807, 2.05) is 32.0 Å². The zero-order valence-corrected chi connectivity index (χ0v) is 17.0. The summed E-state index contributed by atoms with van der Waals surface area (Å²) in [5.41, 5.74) is 2.04. The minimum atomic E-state index is -0.592. The number of esters is 2. The van der Waals surface area contributed by atoms with Gasteiger partial charge in [0.1, 0.15) is 11.9 Å². The Morgan fingerprint density at radius 3 is 2.50 bits per heavy atom. The van der Waals surface area contributed by atoms with Gasteiger partial charge in [-0.25, -0.2) is 0 Å². The Morgan fingerprint density at radius 2 is 1.79 bits per heavy atom. The smallest absolute Gasteiger partial charge is 0.315 e. The summed E-state index contributed by atoms with van der Waals surface area (Å²) in [6.45, 7) is 10.3. The third-order valence-electron chi connectivity index (χ3n) is 7.69. The highest BCUT2D eigenvalue weighted by Crippen LogP contribution is 2.72. The molecular weight excluding hydrogens is 352 g/mol. The number of aryl methyl sites for hydroxylation is 1. The number of rotatable bonds is 1. The molecule has 0 N–H and O–H groups in total. The maximum Gasteiger partial charge on any atom is 0.315 e. The first-order valence-electron chi connectivity index (χ1n) is 10.1. The van der Waals surface area contributed by atoms with Crippen LogP contribution in [0.3, 0.4) is 0 Å². The van der Waals surface area contributed by atoms with E-state index in [2.05, 4.69) is 39.0 Å². The van der Waals surface area contributed by atoms with Gasteiger partial charge in [0.2, 0.25) is 0 Å². The molecule has 0 spiro atoms. The van der Waals surface area contributed by atoms with E-state index in [1.54, 1.807) is 0 Å². The van der Waals surface area contributed by atoms with E-state index in [4.69, 9.17) is 9.47 Å². The monoisotopic (exact) mass is 378 g/mol. The second-order valence-corrected chi connectivity index (χ2v) is 9.54. The Hall–Kier alpha value is -2.36. The Balaban J connectivity index is 1.64. The molecule has 5 rings (SSSR count). The minimum absolute atomic E-state index is 0.0182. The summed E-state index contributed by atoms with van der Waals surface area (Å²) < 4.78 is 11.7. The SMILES string of the molecule is Cc1ccc2c(c1)OC(=O)[C@@H]1C2(C)C2C(=O)OC3C=C(C(C)C)C=CC3C21C. The molecule has 1 aromatic rings.